The molecule has 1 aromatic carbocycles. The van der Waals surface area contributed by atoms with Crippen molar-refractivity contribution in [3.63, 3.8) is 0 Å². The van der Waals surface area contributed by atoms with Crippen molar-refractivity contribution < 1.29 is 4.39 Å². The Bertz CT molecular complexity index is 454. The molecule has 1 aliphatic heterocycles. The van der Waals surface area contributed by atoms with E-state index in [1.807, 2.05) is 0 Å². The van der Waals surface area contributed by atoms with E-state index in [1.54, 1.807) is 12.1 Å². The second kappa shape index (κ2) is 4.02. The predicted molar refractivity (Wildman–Crippen MR) is 68.0 cm³/mol. The highest BCUT2D eigenvalue weighted by atomic mass is 19.1. The molecular formula is C13H18FN3. The molecule has 0 bridgehead atoms. The van der Waals surface area contributed by atoms with Crippen LogP contribution in [-0.4, -0.2) is 18.9 Å². The smallest absolute Gasteiger partial charge is 0.147 e. The molecule has 1 saturated heterocycles. The number of nitrogens with two attached hydrogens (primary N) is 1. The second-order valence-electron chi connectivity index (χ2n) is 5.42. The molecule has 4 heteroatoms. The molecule has 3 N–H and O–H groups in total. The number of nitrogen functional groups attached to an aromatic ring is 1. The minimum atomic E-state index is -0.296. The molecule has 1 aliphatic rings. The van der Waals surface area contributed by atoms with Gasteiger partial charge in [-0.1, -0.05) is 13.8 Å². The molecule has 0 atom stereocenters. The van der Waals surface area contributed by atoms with Gasteiger partial charge in [-0.3, -0.25) is 5.41 Å². The van der Waals surface area contributed by atoms with Crippen molar-refractivity contribution in [1.29, 1.82) is 5.41 Å². The summed E-state index contributed by atoms with van der Waals surface area (Å²) in [5.41, 5.74) is 6.62. The maximum Gasteiger partial charge on any atom is 0.147 e. The first-order valence-electron chi connectivity index (χ1n) is 5.78. The quantitative estimate of drug-likeness (QED) is 0.610. The number of hydrogen-bond donors (Lipinski definition) is 2. The van der Waals surface area contributed by atoms with Gasteiger partial charge in [0.1, 0.15) is 11.7 Å². The first-order chi connectivity index (χ1) is 7.89. The van der Waals surface area contributed by atoms with Gasteiger partial charge in [-0.25, -0.2) is 4.39 Å². The Labute approximate surface area is 101 Å². The Morgan fingerprint density at radius 3 is 2.65 bits per heavy atom. The van der Waals surface area contributed by atoms with Crippen molar-refractivity contribution in [2.45, 2.75) is 20.3 Å². The normalized spacial score (nSPS) is 18.4. The zero-order chi connectivity index (χ0) is 12.6. The van der Waals surface area contributed by atoms with Crippen molar-refractivity contribution >= 4 is 11.5 Å². The standard InChI is InChI=1S/C13H18FN3/c1-13(2)5-6-17(8-13)11-4-3-9(12(15)16)7-10(11)14/h3-4,7H,5-6,8H2,1-2H3,(H3,15,16). The van der Waals surface area contributed by atoms with Crippen LogP contribution in [0.3, 0.4) is 0 Å². The third kappa shape index (κ3) is 2.40. The summed E-state index contributed by atoms with van der Waals surface area (Å²) in [6.45, 7) is 6.12. The van der Waals surface area contributed by atoms with Crippen molar-refractivity contribution in [3.05, 3.63) is 29.6 Å². The lowest BCUT2D eigenvalue weighted by Gasteiger charge is -2.22. The van der Waals surface area contributed by atoms with Crippen LogP contribution in [0.5, 0.6) is 0 Å². The van der Waals surface area contributed by atoms with E-state index in [-0.39, 0.29) is 17.1 Å². The van der Waals surface area contributed by atoms with Gasteiger partial charge < -0.3 is 10.6 Å². The SMILES string of the molecule is CC1(C)CCN(c2ccc(C(=N)N)cc2F)C1. The molecule has 0 aliphatic carbocycles. The van der Waals surface area contributed by atoms with E-state index < -0.39 is 0 Å². The van der Waals surface area contributed by atoms with E-state index in [2.05, 4.69) is 18.7 Å². The van der Waals surface area contributed by atoms with Gasteiger partial charge in [0, 0.05) is 18.7 Å². The van der Waals surface area contributed by atoms with Crippen LogP contribution >= 0.6 is 0 Å². The molecule has 0 unspecified atom stereocenters. The number of hydrogen-bond acceptors (Lipinski definition) is 2. The van der Waals surface area contributed by atoms with Crippen molar-refractivity contribution in [1.82, 2.24) is 0 Å². The molecule has 92 valence electrons. The van der Waals surface area contributed by atoms with E-state index in [4.69, 9.17) is 11.1 Å². The zero-order valence-corrected chi connectivity index (χ0v) is 10.3. The lowest BCUT2D eigenvalue weighted by Crippen LogP contribution is -2.24. The van der Waals surface area contributed by atoms with Crippen LogP contribution in [0.1, 0.15) is 25.8 Å². The fraction of sp³-hybridized carbons (Fsp3) is 0.462. The van der Waals surface area contributed by atoms with Gasteiger partial charge in [0.25, 0.3) is 0 Å². The van der Waals surface area contributed by atoms with Crippen molar-refractivity contribution in [2.24, 2.45) is 11.1 Å². The van der Waals surface area contributed by atoms with Crippen LogP contribution in [0, 0.1) is 16.6 Å². The maximum atomic E-state index is 13.9. The first kappa shape index (κ1) is 11.9. The summed E-state index contributed by atoms with van der Waals surface area (Å²) >= 11 is 0. The van der Waals surface area contributed by atoms with Gasteiger partial charge in [0.2, 0.25) is 0 Å². The number of nitrogens with one attached hydrogen (secondary N) is 1. The molecule has 1 aromatic rings. The Morgan fingerprint density at radius 2 is 2.18 bits per heavy atom. The lowest BCUT2D eigenvalue weighted by molar-refractivity contribution is 0.418. The Kier molecular flexibility index (Phi) is 2.81. The molecule has 1 fully saturated rings. The molecule has 1 heterocycles. The molecule has 0 amide bonds. The van der Waals surface area contributed by atoms with Crippen molar-refractivity contribution in [3.8, 4) is 0 Å². The van der Waals surface area contributed by atoms with E-state index in [0.29, 0.717) is 11.3 Å². The number of nitrogens with zero attached hydrogens (tertiary/aromatic N) is 1. The third-order valence-corrected chi connectivity index (χ3v) is 3.28. The summed E-state index contributed by atoms with van der Waals surface area (Å²) in [7, 11) is 0. The minimum absolute atomic E-state index is 0.0998. The summed E-state index contributed by atoms with van der Waals surface area (Å²) < 4.78 is 13.9. The Hall–Kier alpha value is -1.58. The minimum Gasteiger partial charge on any atom is -0.384 e. The van der Waals surface area contributed by atoms with Crippen molar-refractivity contribution in [2.75, 3.05) is 18.0 Å². The van der Waals surface area contributed by atoms with Gasteiger partial charge in [-0.2, -0.15) is 0 Å². The monoisotopic (exact) mass is 235 g/mol. The van der Waals surface area contributed by atoms with Crippen LogP contribution in [0.4, 0.5) is 10.1 Å². The lowest BCUT2D eigenvalue weighted by atomic mass is 9.93. The molecular weight excluding hydrogens is 217 g/mol. The number of amidine groups is 1. The number of rotatable bonds is 2. The largest absolute Gasteiger partial charge is 0.384 e. The average molecular weight is 235 g/mol. The Balaban J connectivity index is 2.26. The Morgan fingerprint density at radius 1 is 1.47 bits per heavy atom. The third-order valence-electron chi connectivity index (χ3n) is 3.28. The summed E-state index contributed by atoms with van der Waals surface area (Å²) in [6, 6.07) is 4.75. The van der Waals surface area contributed by atoms with Gasteiger partial charge in [0.05, 0.1) is 5.69 Å². The molecule has 0 aromatic heterocycles. The van der Waals surface area contributed by atoms with E-state index in [1.165, 1.54) is 6.07 Å². The highest BCUT2D eigenvalue weighted by Crippen LogP contribution is 2.33. The van der Waals surface area contributed by atoms with Crippen LogP contribution in [0.2, 0.25) is 0 Å². The van der Waals surface area contributed by atoms with E-state index in [0.717, 1.165) is 19.5 Å². The van der Waals surface area contributed by atoms with Crippen LogP contribution in [0.25, 0.3) is 0 Å². The summed E-state index contributed by atoms with van der Waals surface area (Å²) in [5.74, 6) is -0.396. The molecule has 17 heavy (non-hydrogen) atoms. The fourth-order valence-electron chi connectivity index (χ4n) is 2.25. The van der Waals surface area contributed by atoms with E-state index >= 15 is 0 Å². The highest BCUT2D eigenvalue weighted by Gasteiger charge is 2.30. The zero-order valence-electron chi connectivity index (χ0n) is 10.3. The molecule has 0 spiro atoms. The van der Waals surface area contributed by atoms with Crippen LogP contribution in [-0.2, 0) is 0 Å². The number of benzene rings is 1. The molecule has 0 radical (unpaired) electrons. The topological polar surface area (TPSA) is 53.1 Å². The fourth-order valence-corrected chi connectivity index (χ4v) is 2.25. The summed E-state index contributed by atoms with van der Waals surface area (Å²) in [6.07, 6.45) is 1.07. The van der Waals surface area contributed by atoms with Gasteiger partial charge >= 0.3 is 0 Å². The van der Waals surface area contributed by atoms with Gasteiger partial charge in [0.15, 0.2) is 0 Å². The van der Waals surface area contributed by atoms with Crippen LogP contribution in [0.15, 0.2) is 18.2 Å². The maximum absolute atomic E-state index is 13.9. The first-order valence-corrected chi connectivity index (χ1v) is 5.78. The predicted octanol–water partition coefficient (Wildman–Crippen LogP) is 2.35. The summed E-state index contributed by atoms with van der Waals surface area (Å²) in [4.78, 5) is 2.05. The van der Waals surface area contributed by atoms with Gasteiger partial charge in [-0.15, -0.1) is 0 Å². The molecule has 2 rings (SSSR count). The summed E-state index contributed by atoms with van der Waals surface area (Å²) in [5, 5.41) is 7.27. The number of anilines is 1. The highest BCUT2D eigenvalue weighted by molar-refractivity contribution is 5.95. The molecule has 0 saturated carbocycles. The van der Waals surface area contributed by atoms with E-state index in [9.17, 15) is 4.39 Å². The van der Waals surface area contributed by atoms with Gasteiger partial charge in [-0.05, 0) is 30.0 Å². The van der Waals surface area contributed by atoms with Crippen LogP contribution < -0.4 is 10.6 Å². The number of halogens is 1. The second-order valence-corrected chi connectivity index (χ2v) is 5.42. The molecule has 3 nitrogen and oxygen atoms in total. The average Bonchev–Trinajstić information content (AvgIpc) is 2.58.